The Morgan fingerprint density at radius 1 is 0.788 bits per heavy atom. The summed E-state index contributed by atoms with van der Waals surface area (Å²) in [5, 5.41) is 35.0. The molecule has 0 saturated carbocycles. The first-order chi connectivity index (χ1) is 15.4. The van der Waals surface area contributed by atoms with E-state index in [4.69, 9.17) is 10.8 Å². The lowest BCUT2D eigenvalue weighted by Crippen LogP contribution is -2.58. The van der Waals surface area contributed by atoms with E-state index in [-0.39, 0.29) is 19.3 Å². The highest BCUT2D eigenvalue weighted by Gasteiger charge is 2.31. The Bertz CT molecular complexity index is 680. The second kappa shape index (κ2) is 16.6. The lowest BCUT2D eigenvalue weighted by atomic mass is 10.1. The predicted octanol–water partition coefficient (Wildman–Crippen LogP) is -1.40. The maximum absolute atomic E-state index is 12.8. The van der Waals surface area contributed by atoms with Crippen LogP contribution < -0.4 is 21.7 Å². The summed E-state index contributed by atoms with van der Waals surface area (Å²) in [6.45, 7) is 1.32. The van der Waals surface area contributed by atoms with Gasteiger partial charge in [0.1, 0.15) is 24.2 Å². The average Bonchev–Trinajstić information content (AvgIpc) is 2.75. The number of carboxylic acid groups (broad SMARTS) is 2. The molecule has 5 unspecified atom stereocenters. The van der Waals surface area contributed by atoms with Crippen LogP contribution in [0.3, 0.4) is 0 Å². The molecule has 0 aliphatic carbocycles. The number of nitrogens with two attached hydrogens (primary N) is 1. The number of carbonyl (C=O) groups excluding carboxylic acids is 3. The minimum Gasteiger partial charge on any atom is -0.481 e. The Hall–Kier alpha value is -2.03. The van der Waals surface area contributed by atoms with Crippen LogP contribution in [0.25, 0.3) is 0 Å². The topological polar surface area (TPSA) is 208 Å². The Kier molecular flexibility index (Phi) is 15.5. The molecule has 190 valence electrons. The van der Waals surface area contributed by atoms with Crippen molar-refractivity contribution in [1.82, 2.24) is 16.0 Å². The summed E-state index contributed by atoms with van der Waals surface area (Å²) in [7, 11) is 0. The molecule has 0 bridgehead atoms. The summed E-state index contributed by atoms with van der Waals surface area (Å²) >= 11 is 2.81. The van der Waals surface area contributed by atoms with Crippen molar-refractivity contribution in [3.05, 3.63) is 0 Å². The molecule has 0 aliphatic rings. The first-order valence-corrected chi connectivity index (χ1v) is 13.0. The minimum atomic E-state index is -1.33. The van der Waals surface area contributed by atoms with Gasteiger partial charge >= 0.3 is 11.9 Å². The first kappa shape index (κ1) is 31.0. The van der Waals surface area contributed by atoms with Gasteiger partial charge in [0.15, 0.2) is 0 Å². The fourth-order valence-corrected chi connectivity index (χ4v) is 3.51. The first-order valence-electron chi connectivity index (χ1n) is 10.2. The minimum absolute atomic E-state index is 0.144. The summed E-state index contributed by atoms with van der Waals surface area (Å²) in [6.07, 6.45) is 2.02. The van der Waals surface area contributed by atoms with Gasteiger partial charge in [-0.3, -0.25) is 19.2 Å². The molecular formula is C19H34N4O8S2. The third kappa shape index (κ3) is 12.7. The fraction of sp³-hybridized carbons (Fsp3) is 0.737. The summed E-state index contributed by atoms with van der Waals surface area (Å²) in [5.41, 5.74) is 5.61. The van der Waals surface area contributed by atoms with E-state index in [1.807, 2.05) is 0 Å². The number of thioether (sulfide) groups is 2. The van der Waals surface area contributed by atoms with Crippen LogP contribution in [0.4, 0.5) is 0 Å². The van der Waals surface area contributed by atoms with E-state index in [0.29, 0.717) is 11.5 Å². The Morgan fingerprint density at radius 3 is 1.64 bits per heavy atom. The molecule has 0 aliphatic heterocycles. The van der Waals surface area contributed by atoms with Crippen LogP contribution >= 0.6 is 23.5 Å². The number of aliphatic hydroxyl groups is 1. The summed E-state index contributed by atoms with van der Waals surface area (Å²) < 4.78 is 0. The monoisotopic (exact) mass is 510 g/mol. The SMILES string of the molecule is CSCCC(NC(=O)C(CCC(=O)O)NC(=O)C(CCSC)NC(=O)C(N)C(C)O)C(=O)O. The number of amides is 3. The number of carboxylic acids is 2. The number of aliphatic hydroxyl groups excluding tert-OH is 1. The Labute approximate surface area is 201 Å². The van der Waals surface area contributed by atoms with Crippen LogP contribution in [0, 0.1) is 0 Å². The summed E-state index contributed by atoms with van der Waals surface area (Å²) in [4.78, 5) is 60.2. The van der Waals surface area contributed by atoms with Crippen LogP contribution in [0.15, 0.2) is 0 Å². The van der Waals surface area contributed by atoms with Crippen molar-refractivity contribution < 1.29 is 39.3 Å². The van der Waals surface area contributed by atoms with E-state index in [1.165, 1.54) is 30.4 Å². The molecule has 8 N–H and O–H groups in total. The Balaban J connectivity index is 5.49. The quantitative estimate of drug-likeness (QED) is 0.121. The maximum atomic E-state index is 12.8. The lowest BCUT2D eigenvalue weighted by Gasteiger charge is -2.25. The number of nitrogens with one attached hydrogen (secondary N) is 3. The third-order valence-corrected chi connectivity index (χ3v) is 5.86. The van der Waals surface area contributed by atoms with E-state index in [0.717, 1.165) is 0 Å². The fourth-order valence-electron chi connectivity index (χ4n) is 2.57. The molecule has 33 heavy (non-hydrogen) atoms. The van der Waals surface area contributed by atoms with Crippen LogP contribution in [-0.4, -0.2) is 99.3 Å². The molecule has 0 spiro atoms. The van der Waals surface area contributed by atoms with Gasteiger partial charge in [0.25, 0.3) is 0 Å². The van der Waals surface area contributed by atoms with Crippen LogP contribution in [-0.2, 0) is 24.0 Å². The van der Waals surface area contributed by atoms with Gasteiger partial charge in [0.05, 0.1) is 6.10 Å². The molecule has 0 saturated heterocycles. The van der Waals surface area contributed by atoms with Crippen molar-refractivity contribution >= 4 is 53.2 Å². The zero-order valence-electron chi connectivity index (χ0n) is 18.9. The van der Waals surface area contributed by atoms with Gasteiger partial charge in [-0.05, 0) is 50.2 Å². The number of rotatable bonds is 17. The molecular weight excluding hydrogens is 476 g/mol. The molecule has 0 aromatic rings. The largest absolute Gasteiger partial charge is 0.481 e. The third-order valence-electron chi connectivity index (χ3n) is 4.57. The number of hydrogen-bond acceptors (Lipinski definition) is 9. The molecule has 0 rings (SSSR count). The molecule has 5 atom stereocenters. The highest BCUT2D eigenvalue weighted by Crippen LogP contribution is 2.07. The van der Waals surface area contributed by atoms with Crippen molar-refractivity contribution in [1.29, 1.82) is 0 Å². The van der Waals surface area contributed by atoms with Crippen LogP contribution in [0.2, 0.25) is 0 Å². The molecule has 14 heteroatoms. The van der Waals surface area contributed by atoms with Crippen molar-refractivity contribution in [2.45, 2.75) is 62.9 Å². The zero-order chi connectivity index (χ0) is 25.6. The van der Waals surface area contributed by atoms with Crippen molar-refractivity contribution in [2.75, 3.05) is 24.0 Å². The van der Waals surface area contributed by atoms with E-state index in [9.17, 15) is 34.2 Å². The van der Waals surface area contributed by atoms with Crippen LogP contribution in [0.5, 0.6) is 0 Å². The van der Waals surface area contributed by atoms with Gasteiger partial charge in [0, 0.05) is 6.42 Å². The summed E-state index contributed by atoms with van der Waals surface area (Å²) in [5.74, 6) is -3.86. The normalized spacial score (nSPS) is 15.4. The molecule has 12 nitrogen and oxygen atoms in total. The van der Waals surface area contributed by atoms with E-state index < -0.39 is 66.4 Å². The highest BCUT2D eigenvalue weighted by atomic mass is 32.2. The number of carbonyl (C=O) groups is 5. The van der Waals surface area contributed by atoms with Crippen LogP contribution in [0.1, 0.15) is 32.6 Å². The van der Waals surface area contributed by atoms with E-state index in [1.54, 1.807) is 12.5 Å². The standard InChI is InChI=1S/C19H34N4O8S2/c1-10(24)15(20)18(29)22-12(6-8-32-2)17(28)21-11(4-5-14(25)26)16(27)23-13(19(30)31)7-9-33-3/h10-13,15,24H,4-9,20H2,1-3H3,(H,21,28)(H,22,29)(H,23,27)(H,25,26)(H,30,31). The Morgan fingerprint density at radius 2 is 1.21 bits per heavy atom. The second-order valence-corrected chi connectivity index (χ2v) is 9.25. The highest BCUT2D eigenvalue weighted by molar-refractivity contribution is 7.98. The van der Waals surface area contributed by atoms with E-state index >= 15 is 0 Å². The smallest absolute Gasteiger partial charge is 0.326 e. The second-order valence-electron chi connectivity index (χ2n) is 7.28. The van der Waals surface area contributed by atoms with Gasteiger partial charge < -0.3 is 37.0 Å². The molecule has 0 aromatic carbocycles. The molecule has 3 amide bonds. The average molecular weight is 511 g/mol. The summed E-state index contributed by atoms with van der Waals surface area (Å²) in [6, 6.07) is -4.90. The van der Waals surface area contributed by atoms with E-state index in [2.05, 4.69) is 16.0 Å². The molecule has 0 radical (unpaired) electrons. The maximum Gasteiger partial charge on any atom is 0.326 e. The van der Waals surface area contributed by atoms with Crippen molar-refractivity contribution in [3.8, 4) is 0 Å². The zero-order valence-corrected chi connectivity index (χ0v) is 20.5. The predicted molar refractivity (Wildman–Crippen MR) is 126 cm³/mol. The number of hydrogen-bond donors (Lipinski definition) is 7. The van der Waals surface area contributed by atoms with Gasteiger partial charge in [0.2, 0.25) is 17.7 Å². The van der Waals surface area contributed by atoms with Crippen molar-refractivity contribution in [2.24, 2.45) is 5.73 Å². The van der Waals surface area contributed by atoms with Crippen molar-refractivity contribution in [3.63, 3.8) is 0 Å². The molecule has 0 heterocycles. The lowest BCUT2D eigenvalue weighted by molar-refractivity contribution is -0.143. The number of aliphatic carboxylic acids is 2. The van der Waals surface area contributed by atoms with Gasteiger partial charge in [-0.2, -0.15) is 23.5 Å². The molecule has 0 aromatic heterocycles. The molecule has 0 fully saturated rings. The van der Waals surface area contributed by atoms with Gasteiger partial charge in [-0.25, -0.2) is 4.79 Å². The van der Waals surface area contributed by atoms with Gasteiger partial charge in [-0.1, -0.05) is 0 Å². The van der Waals surface area contributed by atoms with Gasteiger partial charge in [-0.15, -0.1) is 0 Å².